The first-order valence-corrected chi connectivity index (χ1v) is 13.7. The van der Waals surface area contributed by atoms with Gasteiger partial charge in [0.1, 0.15) is 0 Å². The summed E-state index contributed by atoms with van der Waals surface area (Å²) >= 11 is 1.23. The van der Waals surface area contributed by atoms with Crippen LogP contribution in [0, 0.1) is 6.92 Å². The second-order valence-corrected chi connectivity index (χ2v) is 11.0. The number of carbonyl (C=O) groups is 2. The maximum absolute atomic E-state index is 12.6. The standard InChI is InChI=1S/C26H25N5O4S2/c1-17-7-13-23(14-8-17)37(34,35)30-21-11-9-19(10-12-21)25-28-29-26(31(25)3)36-16-24(33)27-22-6-4-5-20(15-22)18(2)32/h4-15,30H,16H2,1-3H3,(H,27,33). The summed E-state index contributed by atoms with van der Waals surface area (Å²) in [6.45, 7) is 3.37. The fourth-order valence-electron chi connectivity index (χ4n) is 3.45. The van der Waals surface area contributed by atoms with Crippen LogP contribution in [-0.2, 0) is 21.9 Å². The third kappa shape index (κ3) is 6.43. The highest BCUT2D eigenvalue weighted by Crippen LogP contribution is 2.25. The molecule has 9 nitrogen and oxygen atoms in total. The van der Waals surface area contributed by atoms with Gasteiger partial charge in [-0.05, 0) is 62.4 Å². The minimum Gasteiger partial charge on any atom is -0.325 e. The number of nitrogens with zero attached hydrogens (tertiary/aromatic N) is 3. The third-order valence-electron chi connectivity index (χ3n) is 5.45. The minimum absolute atomic E-state index is 0.0752. The first kappa shape index (κ1) is 26.1. The number of rotatable bonds is 9. The minimum atomic E-state index is -3.70. The Morgan fingerprint density at radius 3 is 2.32 bits per heavy atom. The van der Waals surface area contributed by atoms with Crippen LogP contribution in [0.25, 0.3) is 11.4 Å². The van der Waals surface area contributed by atoms with Crippen molar-refractivity contribution < 1.29 is 18.0 Å². The Balaban J connectivity index is 1.39. The van der Waals surface area contributed by atoms with E-state index >= 15 is 0 Å². The number of thioether (sulfide) groups is 1. The number of amides is 1. The van der Waals surface area contributed by atoms with Gasteiger partial charge in [0, 0.05) is 29.5 Å². The van der Waals surface area contributed by atoms with Gasteiger partial charge in [-0.2, -0.15) is 0 Å². The molecule has 0 aliphatic heterocycles. The lowest BCUT2D eigenvalue weighted by molar-refractivity contribution is -0.113. The molecular formula is C26H25N5O4S2. The number of hydrogen-bond donors (Lipinski definition) is 2. The molecule has 37 heavy (non-hydrogen) atoms. The van der Waals surface area contributed by atoms with Gasteiger partial charge < -0.3 is 9.88 Å². The van der Waals surface area contributed by atoms with Crippen LogP contribution in [0.1, 0.15) is 22.8 Å². The molecule has 11 heteroatoms. The number of hydrogen-bond acceptors (Lipinski definition) is 7. The molecule has 0 aliphatic rings. The zero-order chi connectivity index (χ0) is 26.6. The fourth-order valence-corrected chi connectivity index (χ4v) is 5.22. The number of benzene rings is 3. The first-order valence-electron chi connectivity index (χ1n) is 11.3. The quantitative estimate of drug-likeness (QED) is 0.239. The number of nitrogens with one attached hydrogen (secondary N) is 2. The molecule has 0 atom stereocenters. The highest BCUT2D eigenvalue weighted by atomic mass is 32.2. The van der Waals surface area contributed by atoms with Crippen molar-refractivity contribution in [2.24, 2.45) is 7.05 Å². The first-order chi connectivity index (χ1) is 17.6. The summed E-state index contributed by atoms with van der Waals surface area (Å²) in [6, 6.07) is 20.2. The van der Waals surface area contributed by atoms with Gasteiger partial charge in [-0.15, -0.1) is 10.2 Å². The molecule has 0 unspecified atom stereocenters. The smallest absolute Gasteiger partial charge is 0.261 e. The molecule has 0 saturated carbocycles. The topological polar surface area (TPSA) is 123 Å². The summed E-state index contributed by atoms with van der Waals surface area (Å²) in [6.07, 6.45) is 0. The number of carbonyl (C=O) groups excluding carboxylic acids is 2. The third-order valence-corrected chi connectivity index (χ3v) is 7.86. The molecule has 0 bridgehead atoms. The van der Waals surface area contributed by atoms with Crippen LogP contribution in [-0.4, -0.2) is 40.6 Å². The molecule has 1 heterocycles. The number of sulfonamides is 1. The predicted molar refractivity (Wildman–Crippen MR) is 144 cm³/mol. The van der Waals surface area contributed by atoms with Crippen molar-refractivity contribution in [1.82, 2.24) is 14.8 Å². The van der Waals surface area contributed by atoms with E-state index in [-0.39, 0.29) is 22.3 Å². The molecule has 1 aromatic heterocycles. The van der Waals surface area contributed by atoms with E-state index in [1.165, 1.54) is 18.7 Å². The highest BCUT2D eigenvalue weighted by molar-refractivity contribution is 7.99. The molecule has 0 aliphatic carbocycles. The lowest BCUT2D eigenvalue weighted by Gasteiger charge is -2.09. The summed E-state index contributed by atoms with van der Waals surface area (Å²) in [5.41, 5.74) is 3.22. The van der Waals surface area contributed by atoms with Gasteiger partial charge in [0.25, 0.3) is 10.0 Å². The molecule has 0 fully saturated rings. The van der Waals surface area contributed by atoms with Gasteiger partial charge in [0.2, 0.25) is 5.91 Å². The molecule has 0 radical (unpaired) electrons. The number of anilines is 2. The van der Waals surface area contributed by atoms with Gasteiger partial charge in [-0.1, -0.05) is 41.6 Å². The Morgan fingerprint density at radius 2 is 1.65 bits per heavy atom. The molecule has 3 aromatic carbocycles. The van der Waals surface area contributed by atoms with Crippen LogP contribution >= 0.6 is 11.8 Å². The van der Waals surface area contributed by atoms with E-state index in [1.54, 1.807) is 84.4 Å². The second-order valence-electron chi connectivity index (χ2n) is 8.33. The van der Waals surface area contributed by atoms with E-state index in [0.717, 1.165) is 11.1 Å². The van der Waals surface area contributed by atoms with E-state index < -0.39 is 10.0 Å². The van der Waals surface area contributed by atoms with Crippen molar-refractivity contribution in [3.05, 3.63) is 83.9 Å². The summed E-state index contributed by atoms with van der Waals surface area (Å²) in [4.78, 5) is 24.1. The van der Waals surface area contributed by atoms with Crippen LogP contribution in [0.15, 0.2) is 82.8 Å². The molecule has 2 N–H and O–H groups in total. The fraction of sp³-hybridized carbons (Fsp3) is 0.154. The van der Waals surface area contributed by atoms with Crippen LogP contribution in [0.5, 0.6) is 0 Å². The lowest BCUT2D eigenvalue weighted by Crippen LogP contribution is -2.14. The Morgan fingerprint density at radius 1 is 0.946 bits per heavy atom. The van der Waals surface area contributed by atoms with Gasteiger partial charge in [0.05, 0.1) is 10.6 Å². The molecule has 0 saturated heterocycles. The van der Waals surface area contributed by atoms with E-state index in [2.05, 4.69) is 20.2 Å². The van der Waals surface area contributed by atoms with Crippen molar-refractivity contribution in [2.45, 2.75) is 23.9 Å². The predicted octanol–water partition coefficient (Wildman–Crippen LogP) is 4.52. The molecule has 1 amide bonds. The SMILES string of the molecule is CC(=O)c1cccc(NC(=O)CSc2nnc(-c3ccc(NS(=O)(=O)c4ccc(C)cc4)cc3)n2C)c1. The number of aryl methyl sites for hydroxylation is 1. The summed E-state index contributed by atoms with van der Waals surface area (Å²) in [5, 5.41) is 11.7. The largest absolute Gasteiger partial charge is 0.325 e. The second kappa shape index (κ2) is 11.0. The Hall–Kier alpha value is -3.96. The maximum Gasteiger partial charge on any atom is 0.261 e. The number of aromatic nitrogens is 3. The van der Waals surface area contributed by atoms with Crippen LogP contribution < -0.4 is 10.0 Å². The summed E-state index contributed by atoms with van der Waals surface area (Å²) < 4.78 is 29.6. The van der Waals surface area contributed by atoms with Crippen molar-refractivity contribution in [2.75, 3.05) is 15.8 Å². The average molecular weight is 536 g/mol. The number of ketones is 1. The molecule has 4 rings (SSSR count). The Labute approximate surface area is 219 Å². The lowest BCUT2D eigenvalue weighted by atomic mass is 10.1. The Bertz CT molecular complexity index is 1550. The zero-order valence-electron chi connectivity index (χ0n) is 20.4. The van der Waals surface area contributed by atoms with E-state index in [9.17, 15) is 18.0 Å². The van der Waals surface area contributed by atoms with Gasteiger partial charge in [-0.3, -0.25) is 14.3 Å². The zero-order valence-corrected chi connectivity index (χ0v) is 22.1. The van der Waals surface area contributed by atoms with Crippen LogP contribution in [0.2, 0.25) is 0 Å². The normalized spacial score (nSPS) is 11.2. The van der Waals surface area contributed by atoms with E-state index in [1.807, 2.05) is 6.92 Å². The van der Waals surface area contributed by atoms with Crippen LogP contribution in [0.4, 0.5) is 11.4 Å². The van der Waals surface area contributed by atoms with Crippen molar-refractivity contribution in [3.63, 3.8) is 0 Å². The van der Waals surface area contributed by atoms with Crippen LogP contribution in [0.3, 0.4) is 0 Å². The van der Waals surface area contributed by atoms with E-state index in [4.69, 9.17) is 0 Å². The molecule has 0 spiro atoms. The molecule has 190 valence electrons. The van der Waals surface area contributed by atoms with Gasteiger partial charge in [-0.25, -0.2) is 8.42 Å². The van der Waals surface area contributed by atoms with Gasteiger partial charge >= 0.3 is 0 Å². The molecular weight excluding hydrogens is 510 g/mol. The summed E-state index contributed by atoms with van der Waals surface area (Å²) in [5.74, 6) is 0.370. The van der Waals surface area contributed by atoms with Crippen molar-refractivity contribution in [1.29, 1.82) is 0 Å². The van der Waals surface area contributed by atoms with Gasteiger partial charge in [0.15, 0.2) is 16.8 Å². The average Bonchev–Trinajstić information content (AvgIpc) is 3.23. The Kier molecular flexibility index (Phi) is 7.74. The van der Waals surface area contributed by atoms with E-state index in [0.29, 0.717) is 27.9 Å². The molecule has 4 aromatic rings. The van der Waals surface area contributed by atoms with Crippen molar-refractivity contribution in [3.8, 4) is 11.4 Å². The highest BCUT2D eigenvalue weighted by Gasteiger charge is 2.16. The number of Topliss-reactive ketones (excluding diaryl/α,β-unsaturated/α-hetero) is 1. The monoisotopic (exact) mass is 535 g/mol. The maximum atomic E-state index is 12.6. The van der Waals surface area contributed by atoms with Crippen molar-refractivity contribution >= 4 is 44.9 Å². The summed E-state index contributed by atoms with van der Waals surface area (Å²) in [7, 11) is -1.91.